The Bertz CT molecular complexity index is 986. The van der Waals surface area contributed by atoms with Crippen molar-refractivity contribution in [2.24, 2.45) is 11.8 Å². The maximum Gasteiger partial charge on any atom is 0.346 e. The third-order valence-corrected chi connectivity index (χ3v) is 5.99. The van der Waals surface area contributed by atoms with E-state index in [4.69, 9.17) is 21.1 Å². The first kappa shape index (κ1) is 16.5. The van der Waals surface area contributed by atoms with Crippen LogP contribution in [-0.4, -0.2) is 10.9 Å². The van der Waals surface area contributed by atoms with Crippen molar-refractivity contribution in [3.05, 3.63) is 86.9 Å². The number of nitro groups is 1. The lowest BCUT2D eigenvalue weighted by atomic mass is 9.73. The fourth-order valence-corrected chi connectivity index (χ4v) is 4.67. The summed E-state index contributed by atoms with van der Waals surface area (Å²) in [4.78, 5) is 23.5. The zero-order valence-corrected chi connectivity index (χ0v) is 14.8. The highest BCUT2D eigenvalue weighted by Crippen LogP contribution is 2.66. The summed E-state index contributed by atoms with van der Waals surface area (Å²) in [7, 11) is 0. The van der Waals surface area contributed by atoms with Crippen molar-refractivity contribution < 1.29 is 19.2 Å². The van der Waals surface area contributed by atoms with Gasteiger partial charge in [-0.15, -0.1) is 0 Å². The molecule has 7 heteroatoms. The van der Waals surface area contributed by atoms with Crippen molar-refractivity contribution in [1.82, 2.24) is 0 Å². The first-order valence-electron chi connectivity index (χ1n) is 8.58. The molecule has 0 radical (unpaired) electrons. The van der Waals surface area contributed by atoms with Gasteiger partial charge in [0.05, 0.1) is 4.92 Å². The van der Waals surface area contributed by atoms with Crippen LogP contribution in [0.15, 0.2) is 60.7 Å². The number of hydrogen-bond acceptors (Lipinski definition) is 5. The van der Waals surface area contributed by atoms with Crippen LogP contribution in [-0.2, 0) is 25.7 Å². The summed E-state index contributed by atoms with van der Waals surface area (Å²) in [6.07, 6.45) is 4.74. The van der Waals surface area contributed by atoms with Crippen molar-refractivity contribution in [2.45, 2.75) is 17.8 Å². The number of non-ortho nitro benzene ring substituents is 1. The van der Waals surface area contributed by atoms with E-state index in [9.17, 15) is 14.9 Å². The summed E-state index contributed by atoms with van der Waals surface area (Å²) in [6.45, 7) is 0. The lowest BCUT2D eigenvalue weighted by Crippen LogP contribution is -2.44. The number of allylic oxidation sites excluding steroid dienone is 1. The number of rotatable bonds is 3. The Morgan fingerprint density at radius 1 is 1.07 bits per heavy atom. The van der Waals surface area contributed by atoms with Gasteiger partial charge < -0.3 is 9.47 Å². The molecule has 1 aliphatic carbocycles. The minimum atomic E-state index is -1.30. The number of esters is 1. The largest absolute Gasteiger partial charge is 0.426 e. The number of hydrogen-bond donors (Lipinski definition) is 0. The molecule has 2 bridgehead atoms. The zero-order valence-electron chi connectivity index (χ0n) is 14.0. The van der Waals surface area contributed by atoms with Gasteiger partial charge in [-0.25, -0.2) is 4.79 Å². The highest BCUT2D eigenvalue weighted by molar-refractivity contribution is 6.30. The fraction of sp³-hybridized carbons (Fsp3) is 0.250. The second-order valence-electron chi connectivity index (χ2n) is 7.00. The predicted octanol–water partition coefficient (Wildman–Crippen LogP) is 4.08. The molecule has 0 spiro atoms. The SMILES string of the molecule is O=C1O[C@@]2(c3ccc(Cl)cc3)O[C@]1(c1ccc([N+](=O)[O-])cc1)[C@H]1C=CC[C@H]12. The molecule has 4 atom stereocenters. The Morgan fingerprint density at radius 2 is 1.74 bits per heavy atom. The molecule has 0 aromatic heterocycles. The number of carbonyl (C=O) groups excluding carboxylic acids is 1. The summed E-state index contributed by atoms with van der Waals surface area (Å²) in [6, 6.07) is 13.0. The Balaban J connectivity index is 1.65. The summed E-state index contributed by atoms with van der Waals surface area (Å²) in [5.41, 5.74) is -0.0397. The number of fused-ring (bicyclic) bond motifs is 5. The fourth-order valence-electron chi connectivity index (χ4n) is 4.55. The minimum Gasteiger partial charge on any atom is -0.426 e. The topological polar surface area (TPSA) is 78.7 Å². The van der Waals surface area contributed by atoms with E-state index in [-0.39, 0.29) is 17.5 Å². The molecule has 0 saturated carbocycles. The Morgan fingerprint density at radius 3 is 2.41 bits per heavy atom. The number of benzene rings is 2. The molecule has 2 aromatic carbocycles. The van der Waals surface area contributed by atoms with Gasteiger partial charge in [0.1, 0.15) is 0 Å². The number of nitrogens with zero attached hydrogens (tertiary/aromatic N) is 1. The van der Waals surface area contributed by atoms with Gasteiger partial charge in [0.2, 0.25) is 11.4 Å². The first-order valence-corrected chi connectivity index (χ1v) is 8.96. The molecule has 6 nitrogen and oxygen atoms in total. The van der Waals surface area contributed by atoms with Gasteiger partial charge in [-0.3, -0.25) is 10.1 Å². The van der Waals surface area contributed by atoms with Crippen molar-refractivity contribution in [2.75, 3.05) is 0 Å². The average molecular weight is 384 g/mol. The summed E-state index contributed by atoms with van der Waals surface area (Å²) < 4.78 is 12.2. The normalized spacial score (nSPS) is 33.1. The first-order chi connectivity index (χ1) is 13.0. The Labute approximate surface area is 159 Å². The van der Waals surface area contributed by atoms with E-state index in [1.54, 1.807) is 24.3 Å². The van der Waals surface area contributed by atoms with E-state index in [1.165, 1.54) is 12.1 Å². The number of halogens is 1. The van der Waals surface area contributed by atoms with Crippen LogP contribution in [0.2, 0.25) is 5.02 Å². The molecule has 136 valence electrons. The second-order valence-corrected chi connectivity index (χ2v) is 7.44. The zero-order chi connectivity index (χ0) is 18.8. The Kier molecular flexibility index (Phi) is 3.30. The number of nitro benzene ring substituents is 1. The Hall–Kier alpha value is -2.70. The van der Waals surface area contributed by atoms with Crippen molar-refractivity contribution in [1.29, 1.82) is 0 Å². The number of ether oxygens (including phenoxy) is 2. The molecule has 2 heterocycles. The number of carbonyl (C=O) groups is 1. The van der Waals surface area contributed by atoms with Gasteiger partial charge in [-0.1, -0.05) is 35.9 Å². The molecule has 0 unspecified atom stereocenters. The average Bonchev–Trinajstić information content (AvgIpc) is 3.33. The summed E-state index contributed by atoms with van der Waals surface area (Å²) in [5.74, 6) is -1.92. The third kappa shape index (κ3) is 2.02. The summed E-state index contributed by atoms with van der Waals surface area (Å²) in [5, 5.41) is 11.5. The van der Waals surface area contributed by atoms with Crippen LogP contribution in [0.1, 0.15) is 17.5 Å². The highest BCUT2D eigenvalue weighted by Gasteiger charge is 2.75. The van der Waals surface area contributed by atoms with E-state index >= 15 is 0 Å². The molecular weight excluding hydrogens is 370 g/mol. The predicted molar refractivity (Wildman–Crippen MR) is 95.8 cm³/mol. The van der Waals surface area contributed by atoms with Gasteiger partial charge in [0.15, 0.2) is 0 Å². The van der Waals surface area contributed by atoms with E-state index in [0.29, 0.717) is 10.6 Å². The van der Waals surface area contributed by atoms with Gasteiger partial charge in [0, 0.05) is 34.6 Å². The second kappa shape index (κ2) is 5.41. The van der Waals surface area contributed by atoms with Crippen LogP contribution in [0, 0.1) is 22.0 Å². The molecule has 0 N–H and O–H groups in total. The van der Waals surface area contributed by atoms with Crippen LogP contribution >= 0.6 is 11.6 Å². The van der Waals surface area contributed by atoms with Crippen LogP contribution in [0.3, 0.4) is 0 Å². The molecular formula is C20H14ClNO5. The maximum atomic E-state index is 13.0. The molecule has 3 aliphatic rings. The van der Waals surface area contributed by atoms with E-state index in [1.807, 2.05) is 24.3 Å². The maximum absolute atomic E-state index is 13.0. The van der Waals surface area contributed by atoms with Gasteiger partial charge >= 0.3 is 5.97 Å². The molecule has 2 saturated heterocycles. The van der Waals surface area contributed by atoms with E-state index in [2.05, 4.69) is 0 Å². The van der Waals surface area contributed by atoms with Crippen molar-refractivity contribution >= 4 is 23.3 Å². The van der Waals surface area contributed by atoms with Crippen molar-refractivity contribution in [3.8, 4) is 0 Å². The lowest BCUT2D eigenvalue weighted by molar-refractivity contribution is -0.384. The van der Waals surface area contributed by atoms with Crippen LogP contribution in [0.4, 0.5) is 5.69 Å². The quantitative estimate of drug-likeness (QED) is 0.345. The van der Waals surface area contributed by atoms with Gasteiger partial charge in [-0.2, -0.15) is 0 Å². The van der Waals surface area contributed by atoms with Crippen molar-refractivity contribution in [3.63, 3.8) is 0 Å². The minimum absolute atomic E-state index is 0.0398. The molecule has 2 fully saturated rings. The van der Waals surface area contributed by atoms with Gasteiger partial charge in [-0.05, 0) is 36.2 Å². The molecule has 2 aromatic rings. The van der Waals surface area contributed by atoms with Gasteiger partial charge in [0.25, 0.3) is 5.69 Å². The third-order valence-electron chi connectivity index (χ3n) is 5.74. The monoisotopic (exact) mass is 383 g/mol. The van der Waals surface area contributed by atoms with E-state index < -0.39 is 22.3 Å². The molecule has 27 heavy (non-hydrogen) atoms. The van der Waals surface area contributed by atoms with E-state index in [0.717, 1.165) is 12.0 Å². The highest BCUT2D eigenvalue weighted by atomic mass is 35.5. The van der Waals surface area contributed by atoms with Crippen LogP contribution in [0.5, 0.6) is 0 Å². The standard InChI is InChI=1S/C20H14ClNO5/c21-14-8-4-13(5-9-14)20-17-3-1-2-16(17)19(27-20,18(23)26-20)12-6-10-15(11-7-12)22(24)25/h1-2,4-11,16-17H,3H2/t16-,17+,19+,20-/m0/s1. The smallest absolute Gasteiger partial charge is 0.346 e. The van der Waals surface area contributed by atoms with Crippen LogP contribution in [0.25, 0.3) is 0 Å². The molecule has 0 amide bonds. The molecule has 5 rings (SSSR count). The van der Waals surface area contributed by atoms with Crippen LogP contribution < -0.4 is 0 Å². The lowest BCUT2D eigenvalue weighted by Gasteiger charge is -2.34. The summed E-state index contributed by atoms with van der Waals surface area (Å²) >= 11 is 6.00. The molecule has 2 aliphatic heterocycles.